The summed E-state index contributed by atoms with van der Waals surface area (Å²) in [4.78, 5) is 12.1. The number of hydrazone groups is 1. The monoisotopic (exact) mass is 344 g/mol. The van der Waals surface area contributed by atoms with Crippen molar-refractivity contribution in [2.24, 2.45) is 5.10 Å². The Labute approximate surface area is 150 Å². The van der Waals surface area contributed by atoms with E-state index in [0.717, 1.165) is 16.3 Å². The molecule has 3 rings (SSSR count). The summed E-state index contributed by atoms with van der Waals surface area (Å²) in [6, 6.07) is 17.6. The first-order valence-corrected chi connectivity index (χ1v) is 7.89. The number of fused-ring (bicyclic) bond motifs is 1. The van der Waals surface area contributed by atoms with Gasteiger partial charge in [0, 0.05) is 11.1 Å². The highest BCUT2D eigenvalue weighted by atomic mass is 16.5. The predicted molar refractivity (Wildman–Crippen MR) is 101 cm³/mol. The maximum atomic E-state index is 12.1. The van der Waals surface area contributed by atoms with Gasteiger partial charge in [-0.3, -0.25) is 4.79 Å². The lowest BCUT2D eigenvalue weighted by Crippen LogP contribution is -2.17. The van der Waals surface area contributed by atoms with Gasteiger partial charge in [-0.25, -0.2) is 5.43 Å². The van der Waals surface area contributed by atoms with E-state index in [4.69, 9.17) is 11.2 Å². The van der Waals surface area contributed by atoms with Crippen LogP contribution in [0.15, 0.2) is 65.8 Å². The second-order valence-electron chi connectivity index (χ2n) is 5.44. The van der Waals surface area contributed by atoms with E-state index in [2.05, 4.69) is 16.4 Å². The van der Waals surface area contributed by atoms with E-state index in [1.54, 1.807) is 12.1 Å². The molecule has 1 amide bonds. The fourth-order valence-corrected chi connectivity index (χ4v) is 2.52. The van der Waals surface area contributed by atoms with Crippen LogP contribution in [0.3, 0.4) is 0 Å². The van der Waals surface area contributed by atoms with Gasteiger partial charge in [-0.05, 0) is 35.0 Å². The van der Waals surface area contributed by atoms with Crippen LogP contribution in [0.2, 0.25) is 0 Å². The van der Waals surface area contributed by atoms with Gasteiger partial charge < -0.3 is 9.84 Å². The number of phenols is 1. The summed E-state index contributed by atoms with van der Waals surface area (Å²) in [6.45, 7) is 0.134. The molecular formula is C21H16N2O3. The number of carbonyl (C=O) groups is 1. The molecule has 128 valence electrons. The van der Waals surface area contributed by atoms with E-state index in [1.807, 2.05) is 36.4 Å². The van der Waals surface area contributed by atoms with Crippen LogP contribution in [-0.2, 0) is 0 Å². The van der Waals surface area contributed by atoms with Crippen molar-refractivity contribution >= 4 is 22.9 Å². The van der Waals surface area contributed by atoms with E-state index >= 15 is 0 Å². The van der Waals surface area contributed by atoms with Crippen LogP contribution in [0, 0.1) is 12.3 Å². The maximum Gasteiger partial charge on any atom is 0.271 e. The Hall–Kier alpha value is -3.78. The topological polar surface area (TPSA) is 70.9 Å². The third kappa shape index (κ3) is 3.82. The number of hydrogen-bond donors (Lipinski definition) is 2. The Morgan fingerprint density at radius 1 is 1.19 bits per heavy atom. The molecule has 0 aromatic heterocycles. The van der Waals surface area contributed by atoms with Gasteiger partial charge in [0.2, 0.25) is 0 Å². The van der Waals surface area contributed by atoms with Crippen LogP contribution >= 0.6 is 0 Å². The smallest absolute Gasteiger partial charge is 0.271 e. The second kappa shape index (κ2) is 7.86. The number of nitrogens with zero attached hydrogens (tertiary/aromatic N) is 1. The Morgan fingerprint density at radius 2 is 2.04 bits per heavy atom. The summed E-state index contributed by atoms with van der Waals surface area (Å²) < 4.78 is 5.58. The molecule has 0 fully saturated rings. The zero-order chi connectivity index (χ0) is 18.4. The normalized spacial score (nSPS) is 10.6. The van der Waals surface area contributed by atoms with E-state index < -0.39 is 5.91 Å². The van der Waals surface area contributed by atoms with Crippen molar-refractivity contribution in [1.82, 2.24) is 5.43 Å². The van der Waals surface area contributed by atoms with E-state index in [9.17, 15) is 9.90 Å². The molecule has 0 aliphatic carbocycles. The number of benzene rings is 3. The van der Waals surface area contributed by atoms with Gasteiger partial charge in [0.15, 0.2) is 0 Å². The number of amides is 1. The molecule has 3 aromatic carbocycles. The van der Waals surface area contributed by atoms with Crippen molar-refractivity contribution in [3.8, 4) is 23.8 Å². The zero-order valence-corrected chi connectivity index (χ0v) is 13.8. The highest BCUT2D eigenvalue weighted by Gasteiger charge is 2.08. The first-order chi connectivity index (χ1) is 12.7. The van der Waals surface area contributed by atoms with Crippen molar-refractivity contribution in [3.05, 3.63) is 71.8 Å². The minimum absolute atomic E-state index is 0.0145. The van der Waals surface area contributed by atoms with Crippen molar-refractivity contribution in [1.29, 1.82) is 0 Å². The fourth-order valence-electron chi connectivity index (χ4n) is 2.52. The molecule has 0 bridgehead atoms. The van der Waals surface area contributed by atoms with Crippen LogP contribution in [0.4, 0.5) is 0 Å². The lowest BCUT2D eigenvalue weighted by Gasteiger charge is -2.09. The molecule has 0 aliphatic rings. The summed E-state index contributed by atoms with van der Waals surface area (Å²) in [5.41, 5.74) is 3.47. The van der Waals surface area contributed by atoms with E-state index in [-0.39, 0.29) is 12.4 Å². The Kier molecular flexibility index (Phi) is 5.16. The molecule has 3 aromatic rings. The zero-order valence-electron chi connectivity index (χ0n) is 13.8. The Balaban J connectivity index is 1.88. The van der Waals surface area contributed by atoms with Crippen LogP contribution < -0.4 is 10.2 Å². The molecule has 26 heavy (non-hydrogen) atoms. The number of phenolic OH excluding ortho intramolecular Hbond substituents is 1. The summed E-state index contributed by atoms with van der Waals surface area (Å²) in [5, 5.41) is 15.4. The third-order valence-corrected chi connectivity index (χ3v) is 3.71. The van der Waals surface area contributed by atoms with Crippen molar-refractivity contribution in [2.45, 2.75) is 0 Å². The lowest BCUT2D eigenvalue weighted by molar-refractivity contribution is 0.0954. The predicted octanol–water partition coefficient (Wildman–Crippen LogP) is 3.32. The molecule has 0 aliphatic heterocycles. The highest BCUT2D eigenvalue weighted by molar-refractivity contribution is 6.03. The van der Waals surface area contributed by atoms with Gasteiger partial charge in [-0.1, -0.05) is 42.3 Å². The molecule has 5 nitrogen and oxygen atoms in total. The number of nitrogens with one attached hydrogen (secondary N) is 1. The van der Waals surface area contributed by atoms with Gasteiger partial charge in [-0.2, -0.15) is 5.10 Å². The standard InChI is InChI=1S/C21H16N2O3/c1-2-12-26-20-11-10-15-6-3-4-9-18(15)19(20)14-22-23-21(25)16-7-5-8-17(24)13-16/h1,3-11,13-14,24H,12H2,(H,23,25)/b22-14-. The number of rotatable bonds is 5. The van der Waals surface area contributed by atoms with Gasteiger partial charge in [-0.15, -0.1) is 6.42 Å². The molecule has 5 heteroatoms. The summed E-state index contributed by atoms with van der Waals surface area (Å²) >= 11 is 0. The number of terminal acetylenes is 1. The van der Waals surface area contributed by atoms with Crippen LogP contribution in [0.1, 0.15) is 15.9 Å². The molecule has 0 saturated heterocycles. The molecule has 0 atom stereocenters. The molecule has 0 unspecified atom stereocenters. The SMILES string of the molecule is C#CCOc1ccc2ccccc2c1/C=N\NC(=O)c1cccc(O)c1. The van der Waals surface area contributed by atoms with Crippen molar-refractivity contribution in [3.63, 3.8) is 0 Å². The van der Waals surface area contributed by atoms with Gasteiger partial charge in [0.25, 0.3) is 5.91 Å². The average molecular weight is 344 g/mol. The van der Waals surface area contributed by atoms with Gasteiger partial charge in [0.1, 0.15) is 18.1 Å². The lowest BCUT2D eigenvalue weighted by atomic mass is 10.0. The molecule has 0 radical (unpaired) electrons. The number of aromatic hydroxyl groups is 1. The van der Waals surface area contributed by atoms with Crippen molar-refractivity contribution in [2.75, 3.05) is 6.61 Å². The first kappa shape index (κ1) is 17.1. The Bertz CT molecular complexity index is 1020. The second-order valence-corrected chi connectivity index (χ2v) is 5.44. The number of ether oxygens (including phenoxy) is 1. The highest BCUT2D eigenvalue weighted by Crippen LogP contribution is 2.26. The molecule has 0 spiro atoms. The van der Waals surface area contributed by atoms with Gasteiger partial charge in [0.05, 0.1) is 6.21 Å². The summed E-state index contributed by atoms with van der Waals surface area (Å²) in [5.74, 6) is 2.60. The van der Waals surface area contributed by atoms with Crippen LogP contribution in [0.5, 0.6) is 11.5 Å². The number of hydrogen-bond acceptors (Lipinski definition) is 4. The van der Waals surface area contributed by atoms with Crippen LogP contribution in [-0.4, -0.2) is 23.8 Å². The molecule has 0 heterocycles. The van der Waals surface area contributed by atoms with E-state index in [1.165, 1.54) is 18.3 Å². The fraction of sp³-hybridized carbons (Fsp3) is 0.0476. The first-order valence-electron chi connectivity index (χ1n) is 7.89. The van der Waals surface area contributed by atoms with Gasteiger partial charge >= 0.3 is 0 Å². The minimum atomic E-state index is -0.427. The third-order valence-electron chi connectivity index (χ3n) is 3.71. The van der Waals surface area contributed by atoms with Crippen LogP contribution in [0.25, 0.3) is 10.8 Å². The number of carbonyl (C=O) groups excluding carboxylic acids is 1. The van der Waals surface area contributed by atoms with Crippen molar-refractivity contribution < 1.29 is 14.6 Å². The quantitative estimate of drug-likeness (QED) is 0.424. The largest absolute Gasteiger partial charge is 0.508 e. The summed E-state index contributed by atoms with van der Waals surface area (Å²) in [7, 11) is 0. The molecule has 2 N–H and O–H groups in total. The maximum absolute atomic E-state index is 12.1. The Morgan fingerprint density at radius 3 is 2.85 bits per heavy atom. The summed E-state index contributed by atoms with van der Waals surface area (Å²) in [6.07, 6.45) is 6.79. The van der Waals surface area contributed by atoms with E-state index in [0.29, 0.717) is 11.3 Å². The minimum Gasteiger partial charge on any atom is -0.508 e. The molecule has 0 saturated carbocycles. The average Bonchev–Trinajstić information content (AvgIpc) is 2.67. The molecular weight excluding hydrogens is 328 g/mol.